The lowest BCUT2D eigenvalue weighted by Gasteiger charge is -2.40. The Morgan fingerprint density at radius 3 is 2.30 bits per heavy atom. The number of benzene rings is 4. The van der Waals surface area contributed by atoms with Gasteiger partial charge >= 0.3 is 0 Å². The van der Waals surface area contributed by atoms with Gasteiger partial charge in [0.2, 0.25) is 11.8 Å². The van der Waals surface area contributed by atoms with Crippen molar-refractivity contribution < 1.29 is 32.7 Å². The van der Waals surface area contributed by atoms with Gasteiger partial charge in [0, 0.05) is 93.8 Å². The summed E-state index contributed by atoms with van der Waals surface area (Å²) in [6.45, 7) is 6.33. The van der Waals surface area contributed by atoms with Gasteiger partial charge in [0.25, 0.3) is 11.8 Å². The van der Waals surface area contributed by atoms with Gasteiger partial charge in [-0.2, -0.15) is 0 Å². The fraction of sp³-hybridized carbons (Fsp3) is 0.400. The minimum atomic E-state index is -3.14. The molecule has 2 N–H and O–H groups in total. The third kappa shape index (κ3) is 7.13. The molecule has 9 rings (SSSR count). The number of anilines is 2. The van der Waals surface area contributed by atoms with E-state index in [-0.39, 0.29) is 35.4 Å². The molecule has 0 bridgehead atoms. The molecule has 1 aliphatic carbocycles. The van der Waals surface area contributed by atoms with Gasteiger partial charge in [-0.1, -0.05) is 42.5 Å². The smallest absolute Gasteiger partial charge is 0.274 e. The highest BCUT2D eigenvalue weighted by Gasteiger charge is 2.47. The minimum Gasteiger partial charge on any atom is -0.508 e. The average molecular weight is 778 g/mol. The Kier molecular flexibility index (Phi) is 9.71. The molecule has 3 atom stereocenters. The standard InChI is InChI=1S/C45H46F3N5O4/c46-38-23-30(42-35-10-8-33(54)24-37(35)45(47,48)25-36(42)29-4-2-1-3-5-29)6-11-39(38)52-16-14-28(15-17-52)26-50-18-20-51(21-19-50)32-7-9-34-31(22-32)27-53(44(34)57)40-12-13-41(55)49-43(40)56/h1-11,22-24,28,36,40,42,54H,12-21,25-27H2,(H,49,55,56)/t36-,40-,42-/m0/s1. The van der Waals surface area contributed by atoms with Crippen molar-refractivity contribution in [3.05, 3.63) is 124 Å². The fourth-order valence-electron chi connectivity index (χ4n) is 9.92. The van der Waals surface area contributed by atoms with Gasteiger partial charge in [-0.3, -0.25) is 24.6 Å². The largest absolute Gasteiger partial charge is 0.508 e. The van der Waals surface area contributed by atoms with E-state index in [2.05, 4.69) is 26.1 Å². The summed E-state index contributed by atoms with van der Waals surface area (Å²) in [5.41, 5.74) is 4.74. The molecule has 57 heavy (non-hydrogen) atoms. The normalized spacial score (nSPS) is 24.0. The minimum absolute atomic E-state index is 0.165. The molecule has 3 saturated heterocycles. The van der Waals surface area contributed by atoms with Crippen LogP contribution >= 0.6 is 0 Å². The monoisotopic (exact) mass is 777 g/mol. The molecule has 0 unspecified atom stereocenters. The lowest BCUT2D eigenvalue weighted by Crippen LogP contribution is -2.52. The zero-order chi connectivity index (χ0) is 39.4. The first-order valence-electron chi connectivity index (χ1n) is 20.1. The highest BCUT2D eigenvalue weighted by atomic mass is 19.3. The van der Waals surface area contributed by atoms with Gasteiger partial charge in [0.15, 0.2) is 0 Å². The van der Waals surface area contributed by atoms with Crippen molar-refractivity contribution in [2.24, 2.45) is 5.92 Å². The molecule has 12 heteroatoms. The average Bonchev–Trinajstić information content (AvgIpc) is 3.53. The summed E-state index contributed by atoms with van der Waals surface area (Å²) in [5.74, 6) is -5.16. The summed E-state index contributed by atoms with van der Waals surface area (Å²) < 4.78 is 47.2. The number of imide groups is 1. The number of aromatic hydroxyl groups is 1. The van der Waals surface area contributed by atoms with Crippen molar-refractivity contribution in [2.75, 3.05) is 55.6 Å². The number of halogens is 3. The van der Waals surface area contributed by atoms with Gasteiger partial charge in [0.1, 0.15) is 17.6 Å². The number of alkyl halides is 2. The first-order valence-corrected chi connectivity index (χ1v) is 20.1. The summed E-state index contributed by atoms with van der Waals surface area (Å²) in [6.07, 6.45) is 2.01. The topological polar surface area (TPSA) is 96.4 Å². The number of piperazine rings is 1. The predicted octanol–water partition coefficient (Wildman–Crippen LogP) is 6.74. The van der Waals surface area contributed by atoms with Crippen molar-refractivity contribution in [3.63, 3.8) is 0 Å². The van der Waals surface area contributed by atoms with Crippen LogP contribution in [0.2, 0.25) is 0 Å². The van der Waals surface area contributed by atoms with Crippen LogP contribution in [0, 0.1) is 11.7 Å². The Bertz CT molecular complexity index is 2200. The van der Waals surface area contributed by atoms with Crippen molar-refractivity contribution >= 4 is 29.1 Å². The Morgan fingerprint density at radius 1 is 0.789 bits per heavy atom. The molecule has 4 heterocycles. The summed E-state index contributed by atoms with van der Waals surface area (Å²) in [7, 11) is 0. The van der Waals surface area contributed by atoms with Crippen molar-refractivity contribution in [3.8, 4) is 5.75 Å². The molecule has 3 amide bonds. The number of phenolic OH excluding ortho intramolecular Hbond substituents is 1. The van der Waals surface area contributed by atoms with Crippen LogP contribution in [0.3, 0.4) is 0 Å². The highest BCUT2D eigenvalue weighted by Crippen LogP contribution is 2.55. The molecule has 0 saturated carbocycles. The van der Waals surface area contributed by atoms with E-state index in [1.807, 2.05) is 48.5 Å². The van der Waals surface area contributed by atoms with Gasteiger partial charge in [-0.25, -0.2) is 13.2 Å². The number of amides is 3. The van der Waals surface area contributed by atoms with Crippen LogP contribution in [-0.2, 0) is 22.1 Å². The second-order valence-corrected chi connectivity index (χ2v) is 16.3. The highest BCUT2D eigenvalue weighted by molar-refractivity contribution is 6.05. The number of nitrogens with one attached hydrogen (secondary N) is 1. The van der Waals surface area contributed by atoms with E-state index in [0.29, 0.717) is 41.3 Å². The van der Waals surface area contributed by atoms with Crippen LogP contribution in [0.25, 0.3) is 0 Å². The van der Waals surface area contributed by atoms with E-state index in [4.69, 9.17) is 0 Å². The summed E-state index contributed by atoms with van der Waals surface area (Å²) >= 11 is 0. The quantitative estimate of drug-likeness (QED) is 0.201. The summed E-state index contributed by atoms with van der Waals surface area (Å²) in [4.78, 5) is 45.8. The number of hydrogen-bond donors (Lipinski definition) is 2. The molecule has 296 valence electrons. The Morgan fingerprint density at radius 2 is 1.56 bits per heavy atom. The molecule has 9 nitrogen and oxygen atoms in total. The first kappa shape index (κ1) is 37.2. The molecule has 4 aromatic rings. The molecule has 0 aromatic heterocycles. The Labute approximate surface area is 330 Å². The third-order valence-corrected chi connectivity index (χ3v) is 12.9. The number of hydrogen-bond acceptors (Lipinski definition) is 7. The van der Waals surface area contributed by atoms with Crippen molar-refractivity contribution in [1.29, 1.82) is 0 Å². The molecule has 5 aliphatic rings. The molecular formula is C45H46F3N5O4. The lowest BCUT2D eigenvalue weighted by molar-refractivity contribution is -0.136. The van der Waals surface area contributed by atoms with E-state index in [1.165, 1.54) is 12.1 Å². The fourth-order valence-corrected chi connectivity index (χ4v) is 9.92. The number of fused-ring (bicyclic) bond motifs is 2. The van der Waals surface area contributed by atoms with Crippen molar-refractivity contribution in [1.82, 2.24) is 15.1 Å². The number of piperidine rings is 2. The molecule has 4 aliphatic heterocycles. The zero-order valence-electron chi connectivity index (χ0n) is 31.7. The number of carbonyl (C=O) groups excluding carboxylic acids is 3. The number of rotatable bonds is 7. The number of carbonyl (C=O) groups is 3. The van der Waals surface area contributed by atoms with Gasteiger partial charge in [0.05, 0.1) is 5.69 Å². The van der Waals surface area contributed by atoms with Crippen LogP contribution in [0.15, 0.2) is 84.9 Å². The molecule has 0 spiro atoms. The molecule has 3 fully saturated rings. The van der Waals surface area contributed by atoms with Crippen LogP contribution in [0.1, 0.15) is 82.1 Å². The predicted molar refractivity (Wildman–Crippen MR) is 210 cm³/mol. The maximum atomic E-state index is 16.1. The second kappa shape index (κ2) is 14.9. The van der Waals surface area contributed by atoms with Crippen molar-refractivity contribution in [2.45, 2.75) is 62.4 Å². The van der Waals surface area contributed by atoms with Crippen LogP contribution in [0.5, 0.6) is 5.75 Å². The molecular weight excluding hydrogens is 732 g/mol. The van der Waals surface area contributed by atoms with E-state index in [9.17, 15) is 19.5 Å². The van der Waals surface area contributed by atoms with E-state index in [1.54, 1.807) is 17.0 Å². The second-order valence-electron chi connectivity index (χ2n) is 16.3. The number of phenols is 1. The lowest BCUT2D eigenvalue weighted by atomic mass is 9.68. The maximum Gasteiger partial charge on any atom is 0.274 e. The van der Waals surface area contributed by atoms with Gasteiger partial charge in [-0.15, -0.1) is 0 Å². The van der Waals surface area contributed by atoms with Gasteiger partial charge in [-0.05, 0) is 89.9 Å². The Balaban J connectivity index is 0.808. The van der Waals surface area contributed by atoms with Crippen LogP contribution in [0.4, 0.5) is 24.5 Å². The van der Waals surface area contributed by atoms with Crippen LogP contribution in [-0.4, -0.2) is 84.5 Å². The molecule has 0 radical (unpaired) electrons. The van der Waals surface area contributed by atoms with E-state index >= 15 is 13.2 Å². The third-order valence-electron chi connectivity index (χ3n) is 12.9. The van der Waals surface area contributed by atoms with Crippen LogP contribution < -0.4 is 15.1 Å². The first-order chi connectivity index (χ1) is 27.5. The molecule has 4 aromatic carbocycles. The Hall–Kier alpha value is -5.36. The zero-order valence-corrected chi connectivity index (χ0v) is 31.7. The van der Waals surface area contributed by atoms with Gasteiger partial charge < -0.3 is 19.8 Å². The van der Waals surface area contributed by atoms with E-state index in [0.717, 1.165) is 81.5 Å². The summed E-state index contributed by atoms with van der Waals surface area (Å²) in [6, 6.07) is 23.9. The number of nitrogens with zero attached hydrogens (tertiary/aromatic N) is 4. The maximum absolute atomic E-state index is 16.1. The summed E-state index contributed by atoms with van der Waals surface area (Å²) in [5, 5.41) is 12.5. The van der Waals surface area contributed by atoms with E-state index < -0.39 is 36.1 Å². The SMILES string of the molecule is O=C1CC[C@H](N2Cc3cc(N4CCN(CC5CCN(c6ccc([C@H]7c8ccc(O)cc8C(F)(F)C[C@H]7c7ccccc7)cc6F)CC5)CC4)ccc3C2=O)C(=O)N1.